The molecule has 1 aromatic heterocycles. The van der Waals surface area contributed by atoms with Gasteiger partial charge < -0.3 is 10.5 Å². The SMILES string of the molecule is CCOc1ccc(N)cc1C(=O)NNC(C)c1cccc(-c2nccs2)c1. The van der Waals surface area contributed by atoms with Crippen LogP contribution in [0.25, 0.3) is 10.6 Å². The summed E-state index contributed by atoms with van der Waals surface area (Å²) < 4.78 is 5.51. The number of aromatic nitrogens is 1. The maximum Gasteiger partial charge on any atom is 0.269 e. The number of nitrogen functional groups attached to an aromatic ring is 1. The fourth-order valence-electron chi connectivity index (χ4n) is 2.64. The van der Waals surface area contributed by atoms with Crippen LogP contribution >= 0.6 is 11.3 Å². The third kappa shape index (κ3) is 4.64. The molecule has 4 N–H and O–H groups in total. The summed E-state index contributed by atoms with van der Waals surface area (Å²) in [5.74, 6) is 0.207. The first-order valence-electron chi connectivity index (χ1n) is 8.66. The van der Waals surface area contributed by atoms with Crippen molar-refractivity contribution in [1.29, 1.82) is 0 Å². The lowest BCUT2D eigenvalue weighted by molar-refractivity contribution is 0.0922. The highest BCUT2D eigenvalue weighted by Crippen LogP contribution is 2.25. The van der Waals surface area contributed by atoms with Crippen molar-refractivity contribution in [3.63, 3.8) is 0 Å². The summed E-state index contributed by atoms with van der Waals surface area (Å²) in [6.07, 6.45) is 1.79. The molecule has 140 valence electrons. The largest absolute Gasteiger partial charge is 0.493 e. The lowest BCUT2D eigenvalue weighted by Gasteiger charge is -2.17. The molecule has 1 amide bonds. The number of ether oxygens (including phenoxy) is 1. The summed E-state index contributed by atoms with van der Waals surface area (Å²) >= 11 is 1.59. The van der Waals surface area contributed by atoms with Crippen molar-refractivity contribution in [2.45, 2.75) is 19.9 Å². The average molecular weight is 382 g/mol. The van der Waals surface area contributed by atoms with Gasteiger partial charge in [-0.15, -0.1) is 11.3 Å². The van der Waals surface area contributed by atoms with Crippen molar-refractivity contribution in [3.05, 3.63) is 65.2 Å². The minimum atomic E-state index is -0.298. The number of hydrogen-bond donors (Lipinski definition) is 3. The van der Waals surface area contributed by atoms with E-state index in [1.54, 1.807) is 35.7 Å². The molecule has 0 aliphatic rings. The highest BCUT2D eigenvalue weighted by molar-refractivity contribution is 7.13. The predicted octanol–water partition coefficient (Wildman–Crippen LogP) is 3.79. The third-order valence-corrected chi connectivity index (χ3v) is 4.84. The van der Waals surface area contributed by atoms with E-state index >= 15 is 0 Å². The number of hydrogen-bond acceptors (Lipinski definition) is 6. The number of thiazole rings is 1. The molecule has 0 spiro atoms. The van der Waals surface area contributed by atoms with Crippen LogP contribution in [0, 0.1) is 0 Å². The molecule has 0 bridgehead atoms. The Morgan fingerprint density at radius 2 is 2.15 bits per heavy atom. The van der Waals surface area contributed by atoms with Gasteiger partial charge in [0.1, 0.15) is 10.8 Å². The van der Waals surface area contributed by atoms with Crippen LogP contribution in [0.15, 0.2) is 54.0 Å². The van der Waals surface area contributed by atoms with Gasteiger partial charge in [-0.25, -0.2) is 10.4 Å². The Morgan fingerprint density at radius 1 is 1.30 bits per heavy atom. The van der Waals surface area contributed by atoms with Gasteiger partial charge in [-0.05, 0) is 43.7 Å². The molecule has 0 aliphatic heterocycles. The van der Waals surface area contributed by atoms with Gasteiger partial charge in [-0.1, -0.05) is 18.2 Å². The summed E-state index contributed by atoms with van der Waals surface area (Å²) in [6.45, 7) is 4.31. The maximum absolute atomic E-state index is 12.6. The van der Waals surface area contributed by atoms with Crippen LogP contribution in [0.4, 0.5) is 5.69 Å². The summed E-state index contributed by atoms with van der Waals surface area (Å²) in [6, 6.07) is 13.0. The number of rotatable bonds is 7. The Balaban J connectivity index is 1.69. The van der Waals surface area contributed by atoms with Crippen molar-refractivity contribution < 1.29 is 9.53 Å². The first-order valence-corrected chi connectivity index (χ1v) is 9.54. The predicted molar refractivity (Wildman–Crippen MR) is 109 cm³/mol. The highest BCUT2D eigenvalue weighted by Gasteiger charge is 2.15. The Hall–Kier alpha value is -2.90. The molecule has 0 saturated heterocycles. The van der Waals surface area contributed by atoms with Crippen molar-refractivity contribution >= 4 is 22.9 Å². The van der Waals surface area contributed by atoms with Crippen molar-refractivity contribution in [1.82, 2.24) is 15.8 Å². The van der Waals surface area contributed by atoms with Gasteiger partial charge in [0.2, 0.25) is 0 Å². The van der Waals surface area contributed by atoms with E-state index in [1.165, 1.54) is 0 Å². The van der Waals surface area contributed by atoms with Crippen LogP contribution in [-0.2, 0) is 0 Å². The second-order valence-electron chi connectivity index (χ2n) is 5.97. The third-order valence-electron chi connectivity index (χ3n) is 4.02. The summed E-state index contributed by atoms with van der Waals surface area (Å²) in [4.78, 5) is 16.9. The Labute approximate surface area is 162 Å². The molecule has 6 nitrogen and oxygen atoms in total. The highest BCUT2D eigenvalue weighted by atomic mass is 32.1. The normalized spacial score (nSPS) is 11.8. The fraction of sp³-hybridized carbons (Fsp3) is 0.200. The molecule has 0 radical (unpaired) electrons. The Kier molecular flexibility index (Phi) is 6.05. The second kappa shape index (κ2) is 8.66. The first-order chi connectivity index (χ1) is 13.1. The van der Waals surface area contributed by atoms with Crippen LogP contribution in [0.2, 0.25) is 0 Å². The van der Waals surface area contributed by atoms with E-state index < -0.39 is 0 Å². The van der Waals surface area contributed by atoms with E-state index in [1.807, 2.05) is 37.4 Å². The average Bonchev–Trinajstić information content (AvgIpc) is 3.22. The number of hydrazine groups is 1. The van der Waals surface area contributed by atoms with Crippen molar-refractivity contribution in [2.24, 2.45) is 0 Å². The van der Waals surface area contributed by atoms with E-state index in [9.17, 15) is 4.79 Å². The lowest BCUT2D eigenvalue weighted by Crippen LogP contribution is -2.39. The molecule has 3 aromatic rings. The van der Waals surface area contributed by atoms with Gasteiger partial charge in [-0.3, -0.25) is 10.2 Å². The number of anilines is 1. The summed E-state index contributed by atoms with van der Waals surface area (Å²) in [5, 5.41) is 2.92. The molecule has 7 heteroatoms. The van der Waals surface area contributed by atoms with E-state index in [0.29, 0.717) is 23.6 Å². The molecule has 2 aromatic carbocycles. The quantitative estimate of drug-likeness (QED) is 0.427. The molecular formula is C20H22N4O2S. The van der Waals surface area contributed by atoms with Gasteiger partial charge in [0, 0.05) is 28.9 Å². The number of nitrogens with two attached hydrogens (primary N) is 1. The zero-order valence-corrected chi connectivity index (χ0v) is 16.0. The van der Waals surface area contributed by atoms with E-state index in [0.717, 1.165) is 16.1 Å². The molecule has 1 heterocycles. The first kappa shape index (κ1) is 18.9. The summed E-state index contributed by atoms with van der Waals surface area (Å²) in [7, 11) is 0. The second-order valence-corrected chi connectivity index (χ2v) is 6.87. The Morgan fingerprint density at radius 3 is 2.89 bits per heavy atom. The van der Waals surface area contributed by atoms with Crippen LogP contribution in [-0.4, -0.2) is 17.5 Å². The van der Waals surface area contributed by atoms with E-state index in [4.69, 9.17) is 10.5 Å². The van der Waals surface area contributed by atoms with Gasteiger partial charge in [-0.2, -0.15) is 0 Å². The minimum Gasteiger partial charge on any atom is -0.493 e. The molecular weight excluding hydrogens is 360 g/mol. The van der Waals surface area contributed by atoms with Crippen molar-refractivity contribution in [3.8, 4) is 16.3 Å². The molecule has 1 atom stereocenters. The van der Waals surface area contributed by atoms with Crippen LogP contribution in [0.3, 0.4) is 0 Å². The van der Waals surface area contributed by atoms with Gasteiger partial charge >= 0.3 is 0 Å². The van der Waals surface area contributed by atoms with E-state index in [-0.39, 0.29) is 11.9 Å². The number of carbonyl (C=O) groups excluding carboxylic acids is 1. The monoisotopic (exact) mass is 382 g/mol. The molecule has 0 fully saturated rings. The number of amides is 1. The van der Waals surface area contributed by atoms with Crippen molar-refractivity contribution in [2.75, 3.05) is 12.3 Å². The minimum absolute atomic E-state index is 0.0922. The van der Waals surface area contributed by atoms with Crippen LogP contribution in [0.1, 0.15) is 35.8 Å². The number of nitrogens with one attached hydrogen (secondary N) is 2. The molecule has 27 heavy (non-hydrogen) atoms. The zero-order valence-electron chi connectivity index (χ0n) is 15.2. The molecule has 0 saturated carbocycles. The molecule has 3 rings (SSSR count). The summed E-state index contributed by atoms with van der Waals surface area (Å²) in [5.41, 5.74) is 14.6. The lowest BCUT2D eigenvalue weighted by atomic mass is 10.1. The smallest absolute Gasteiger partial charge is 0.269 e. The topological polar surface area (TPSA) is 89.3 Å². The van der Waals surface area contributed by atoms with E-state index in [2.05, 4.69) is 21.9 Å². The standard InChI is InChI=1S/C20H22N4O2S/c1-3-26-18-8-7-16(21)12-17(18)19(25)24-23-13(2)14-5-4-6-15(11-14)20-22-9-10-27-20/h4-13,23H,3,21H2,1-2H3,(H,24,25). The maximum atomic E-state index is 12.6. The number of benzene rings is 2. The Bertz CT molecular complexity index is 912. The van der Waals surface area contributed by atoms with Gasteiger partial charge in [0.25, 0.3) is 5.91 Å². The number of nitrogens with zero attached hydrogens (tertiary/aromatic N) is 1. The van der Waals surface area contributed by atoms with Gasteiger partial charge in [0.05, 0.1) is 12.2 Å². The van der Waals surface area contributed by atoms with Crippen LogP contribution < -0.4 is 21.3 Å². The van der Waals surface area contributed by atoms with Gasteiger partial charge in [0.15, 0.2) is 0 Å². The van der Waals surface area contributed by atoms with Crippen LogP contribution in [0.5, 0.6) is 5.75 Å². The fourth-order valence-corrected chi connectivity index (χ4v) is 3.27. The molecule has 1 unspecified atom stereocenters. The zero-order chi connectivity index (χ0) is 19.2. The molecule has 0 aliphatic carbocycles. The number of carbonyl (C=O) groups is 1.